The number of aromatic amines is 1. The highest BCUT2D eigenvalue weighted by atomic mass is 79.9. The van der Waals surface area contributed by atoms with Crippen molar-refractivity contribution < 1.29 is 0 Å². The van der Waals surface area contributed by atoms with E-state index in [1.165, 1.54) is 0 Å². The van der Waals surface area contributed by atoms with Gasteiger partial charge in [-0.2, -0.15) is 0 Å². The molecule has 2 N–H and O–H groups in total. The number of aromatic nitrogens is 3. The Morgan fingerprint density at radius 2 is 2.15 bits per heavy atom. The van der Waals surface area contributed by atoms with Gasteiger partial charge in [0.15, 0.2) is 0 Å². The van der Waals surface area contributed by atoms with Gasteiger partial charge in [0, 0.05) is 23.4 Å². The third kappa shape index (κ3) is 2.89. The molecule has 0 radical (unpaired) electrons. The molecule has 0 bridgehead atoms. The van der Waals surface area contributed by atoms with Crippen LogP contribution in [0.4, 0.5) is 0 Å². The number of halogens is 1. The largest absolute Gasteiger partial charge is 0.341 e. The molecule has 102 valence electrons. The lowest BCUT2D eigenvalue weighted by Gasteiger charge is -2.11. The van der Waals surface area contributed by atoms with Crippen LogP contribution in [0.2, 0.25) is 0 Å². The van der Waals surface area contributed by atoms with Gasteiger partial charge in [0.1, 0.15) is 5.82 Å². The lowest BCUT2D eigenvalue weighted by Crippen LogP contribution is -2.19. The van der Waals surface area contributed by atoms with E-state index in [1.807, 2.05) is 30.5 Å². The average Bonchev–Trinajstić information content (AvgIpc) is 2.89. The standard InChI is InChI=1S/C15H15BrN4/c1-10(18-8-11-6-12(16)9-17-7-11)15-19-13-4-2-3-5-14(13)20-15/h2-7,9-10,18H,8H2,1H3,(H,19,20). The molecule has 20 heavy (non-hydrogen) atoms. The van der Waals surface area contributed by atoms with E-state index in [0.717, 1.165) is 33.4 Å². The van der Waals surface area contributed by atoms with E-state index >= 15 is 0 Å². The predicted octanol–water partition coefficient (Wildman–Crippen LogP) is 3.57. The maximum Gasteiger partial charge on any atom is 0.124 e. The second kappa shape index (κ2) is 5.73. The summed E-state index contributed by atoms with van der Waals surface area (Å²) in [6, 6.07) is 10.3. The number of rotatable bonds is 4. The zero-order chi connectivity index (χ0) is 13.9. The van der Waals surface area contributed by atoms with Crippen LogP contribution < -0.4 is 5.32 Å². The Balaban J connectivity index is 1.71. The molecule has 4 nitrogen and oxygen atoms in total. The van der Waals surface area contributed by atoms with Crippen LogP contribution in [0, 0.1) is 0 Å². The highest BCUT2D eigenvalue weighted by Crippen LogP contribution is 2.16. The Bertz CT molecular complexity index is 689. The highest BCUT2D eigenvalue weighted by molar-refractivity contribution is 9.10. The van der Waals surface area contributed by atoms with Crippen LogP contribution in [-0.2, 0) is 6.54 Å². The monoisotopic (exact) mass is 330 g/mol. The van der Waals surface area contributed by atoms with E-state index < -0.39 is 0 Å². The molecular weight excluding hydrogens is 316 g/mol. The third-order valence-corrected chi connectivity index (χ3v) is 3.63. The quantitative estimate of drug-likeness (QED) is 0.768. The van der Waals surface area contributed by atoms with Crippen LogP contribution >= 0.6 is 15.9 Å². The molecule has 1 aromatic carbocycles. The average molecular weight is 331 g/mol. The molecule has 2 aromatic heterocycles. The molecule has 3 aromatic rings. The van der Waals surface area contributed by atoms with Gasteiger partial charge in [-0.25, -0.2) is 4.98 Å². The summed E-state index contributed by atoms with van der Waals surface area (Å²) in [5.74, 6) is 0.953. The molecule has 3 rings (SSSR count). The minimum Gasteiger partial charge on any atom is -0.341 e. The van der Waals surface area contributed by atoms with E-state index in [9.17, 15) is 0 Å². The van der Waals surface area contributed by atoms with E-state index in [0.29, 0.717) is 0 Å². The normalized spacial score (nSPS) is 12.7. The van der Waals surface area contributed by atoms with E-state index in [2.05, 4.69) is 49.2 Å². The van der Waals surface area contributed by atoms with Gasteiger partial charge in [-0.05, 0) is 46.6 Å². The first-order valence-corrected chi connectivity index (χ1v) is 7.29. The van der Waals surface area contributed by atoms with Crippen LogP contribution in [0.25, 0.3) is 11.0 Å². The summed E-state index contributed by atoms with van der Waals surface area (Å²) in [6.45, 7) is 2.85. The fourth-order valence-corrected chi connectivity index (χ4v) is 2.51. The maximum absolute atomic E-state index is 4.60. The van der Waals surface area contributed by atoms with Gasteiger partial charge in [0.25, 0.3) is 0 Å². The number of fused-ring (bicyclic) bond motifs is 1. The Kier molecular flexibility index (Phi) is 3.80. The van der Waals surface area contributed by atoms with E-state index in [1.54, 1.807) is 6.20 Å². The van der Waals surface area contributed by atoms with Crippen molar-refractivity contribution in [2.45, 2.75) is 19.5 Å². The molecule has 5 heteroatoms. The van der Waals surface area contributed by atoms with Gasteiger partial charge < -0.3 is 10.3 Å². The molecular formula is C15H15BrN4. The number of hydrogen-bond donors (Lipinski definition) is 2. The summed E-state index contributed by atoms with van der Waals surface area (Å²) in [7, 11) is 0. The van der Waals surface area contributed by atoms with Crippen molar-refractivity contribution in [1.29, 1.82) is 0 Å². The zero-order valence-corrected chi connectivity index (χ0v) is 12.7. The summed E-state index contributed by atoms with van der Waals surface area (Å²) < 4.78 is 0.994. The van der Waals surface area contributed by atoms with Crippen molar-refractivity contribution in [3.63, 3.8) is 0 Å². The first-order valence-electron chi connectivity index (χ1n) is 6.50. The SMILES string of the molecule is CC(NCc1cncc(Br)c1)c1nc2ccccc2[nH]1. The molecule has 0 fully saturated rings. The Hall–Kier alpha value is -1.72. The van der Waals surface area contributed by atoms with Crippen LogP contribution in [0.3, 0.4) is 0 Å². The molecule has 0 spiro atoms. The second-order valence-electron chi connectivity index (χ2n) is 4.75. The zero-order valence-electron chi connectivity index (χ0n) is 11.1. The smallest absolute Gasteiger partial charge is 0.124 e. The Morgan fingerprint density at radius 3 is 2.95 bits per heavy atom. The van der Waals surface area contributed by atoms with Crippen LogP contribution in [-0.4, -0.2) is 15.0 Å². The van der Waals surface area contributed by atoms with Crippen LogP contribution in [0.5, 0.6) is 0 Å². The topological polar surface area (TPSA) is 53.6 Å². The molecule has 1 unspecified atom stereocenters. The third-order valence-electron chi connectivity index (χ3n) is 3.19. The van der Waals surface area contributed by atoms with Gasteiger partial charge in [0.2, 0.25) is 0 Å². The number of pyridine rings is 1. The Morgan fingerprint density at radius 1 is 1.30 bits per heavy atom. The number of benzene rings is 1. The molecule has 2 heterocycles. The summed E-state index contributed by atoms with van der Waals surface area (Å²) in [6.07, 6.45) is 3.65. The number of para-hydroxylation sites is 2. The van der Waals surface area contributed by atoms with Gasteiger partial charge in [-0.3, -0.25) is 4.98 Å². The van der Waals surface area contributed by atoms with E-state index in [4.69, 9.17) is 0 Å². The second-order valence-corrected chi connectivity index (χ2v) is 5.67. The predicted molar refractivity (Wildman–Crippen MR) is 83.3 cm³/mol. The lowest BCUT2D eigenvalue weighted by atomic mass is 10.2. The summed E-state index contributed by atoms with van der Waals surface area (Å²) in [5.41, 5.74) is 3.21. The molecule has 0 aliphatic carbocycles. The van der Waals surface area contributed by atoms with Gasteiger partial charge in [-0.1, -0.05) is 12.1 Å². The van der Waals surface area contributed by atoms with Crippen molar-refractivity contribution in [3.8, 4) is 0 Å². The first-order chi connectivity index (χ1) is 9.72. The number of nitrogens with one attached hydrogen (secondary N) is 2. The fraction of sp³-hybridized carbons (Fsp3) is 0.200. The van der Waals surface area contributed by atoms with Gasteiger partial charge in [0.05, 0.1) is 17.1 Å². The Labute approximate surface area is 125 Å². The first kappa shape index (κ1) is 13.3. The van der Waals surface area contributed by atoms with Crippen LogP contribution in [0.15, 0.2) is 47.2 Å². The van der Waals surface area contributed by atoms with E-state index in [-0.39, 0.29) is 6.04 Å². The molecule has 1 atom stereocenters. The van der Waals surface area contributed by atoms with Crippen molar-refractivity contribution >= 4 is 27.0 Å². The molecule has 0 aliphatic heterocycles. The molecule has 0 saturated carbocycles. The summed E-state index contributed by atoms with van der Waals surface area (Å²) >= 11 is 3.43. The number of hydrogen-bond acceptors (Lipinski definition) is 3. The van der Waals surface area contributed by atoms with Crippen molar-refractivity contribution in [2.24, 2.45) is 0 Å². The molecule has 0 saturated heterocycles. The van der Waals surface area contributed by atoms with Crippen molar-refractivity contribution in [1.82, 2.24) is 20.3 Å². The lowest BCUT2D eigenvalue weighted by molar-refractivity contribution is 0.551. The minimum atomic E-state index is 0.154. The van der Waals surface area contributed by atoms with Crippen LogP contribution in [0.1, 0.15) is 24.4 Å². The van der Waals surface area contributed by atoms with Gasteiger partial charge >= 0.3 is 0 Å². The summed E-state index contributed by atoms with van der Waals surface area (Å²) in [4.78, 5) is 12.1. The maximum atomic E-state index is 4.60. The number of nitrogens with zero attached hydrogens (tertiary/aromatic N) is 2. The fourth-order valence-electron chi connectivity index (χ4n) is 2.10. The summed E-state index contributed by atoms with van der Waals surface area (Å²) in [5, 5.41) is 3.45. The number of imidazole rings is 1. The highest BCUT2D eigenvalue weighted by Gasteiger charge is 2.10. The van der Waals surface area contributed by atoms with Gasteiger partial charge in [-0.15, -0.1) is 0 Å². The molecule has 0 aliphatic rings. The minimum absolute atomic E-state index is 0.154. The van der Waals surface area contributed by atoms with Crippen molar-refractivity contribution in [2.75, 3.05) is 0 Å². The number of H-pyrrole nitrogens is 1. The molecule has 0 amide bonds. The van der Waals surface area contributed by atoms with Crippen molar-refractivity contribution in [3.05, 3.63) is 58.6 Å².